The molecule has 3 aromatic rings. The van der Waals surface area contributed by atoms with E-state index in [1.54, 1.807) is 24.5 Å². The highest BCUT2D eigenvalue weighted by Gasteiger charge is 2.35. The summed E-state index contributed by atoms with van der Waals surface area (Å²) in [6.45, 7) is 5.78. The predicted molar refractivity (Wildman–Crippen MR) is 120 cm³/mol. The minimum atomic E-state index is -0.960. The molecule has 1 aliphatic heterocycles. The summed E-state index contributed by atoms with van der Waals surface area (Å²) in [6.07, 6.45) is 2.79. The number of aryl methyl sites for hydroxylation is 1. The van der Waals surface area contributed by atoms with E-state index in [1.165, 1.54) is 0 Å². The minimum Gasteiger partial charge on any atom is -0.343 e. The van der Waals surface area contributed by atoms with Crippen LogP contribution in [0.2, 0.25) is 0 Å². The van der Waals surface area contributed by atoms with Gasteiger partial charge < -0.3 is 10.6 Å². The zero-order valence-corrected chi connectivity index (χ0v) is 18.6. The first-order chi connectivity index (χ1) is 14.6. The van der Waals surface area contributed by atoms with Crippen molar-refractivity contribution in [2.24, 2.45) is 0 Å². The molecule has 1 atom stereocenters. The number of hydrogen-bond donors (Lipinski definition) is 2. The highest BCUT2D eigenvalue weighted by Crippen LogP contribution is 2.34. The van der Waals surface area contributed by atoms with Crippen molar-refractivity contribution >= 4 is 28.3 Å². The minimum absolute atomic E-state index is 0.139. The van der Waals surface area contributed by atoms with Crippen LogP contribution in [0.25, 0.3) is 11.3 Å². The van der Waals surface area contributed by atoms with Gasteiger partial charge in [0.1, 0.15) is 5.69 Å². The Morgan fingerprint density at radius 2 is 1.97 bits per heavy atom. The summed E-state index contributed by atoms with van der Waals surface area (Å²) in [7, 11) is -0.960. The van der Waals surface area contributed by atoms with E-state index in [-0.39, 0.29) is 17.5 Å². The van der Waals surface area contributed by atoms with Crippen LogP contribution >= 0.6 is 0 Å². The second-order valence-corrected chi connectivity index (χ2v) is 9.65. The zero-order chi connectivity index (χ0) is 22.3. The van der Waals surface area contributed by atoms with E-state index in [9.17, 15) is 13.4 Å². The Morgan fingerprint density at radius 1 is 1.19 bits per heavy atom. The third kappa shape index (κ3) is 4.20. The molecular weight excluding hydrogens is 415 g/mol. The van der Waals surface area contributed by atoms with Crippen LogP contribution in [-0.4, -0.2) is 26.3 Å². The van der Waals surface area contributed by atoms with Crippen molar-refractivity contribution in [3.63, 3.8) is 0 Å². The molecule has 31 heavy (non-hydrogen) atoms. The van der Waals surface area contributed by atoms with Crippen LogP contribution in [0.4, 0.5) is 16.0 Å². The summed E-state index contributed by atoms with van der Waals surface area (Å²) >= 11 is 0. The van der Waals surface area contributed by atoms with E-state index >= 15 is 0 Å². The number of nitrogens with one attached hydrogen (secondary N) is 2. The summed E-state index contributed by atoms with van der Waals surface area (Å²) < 4.78 is 26.2. The molecular formula is C23H23FN4O2S. The number of hydrogen-bond acceptors (Lipinski definition) is 5. The Hall–Kier alpha value is -3.13. The van der Waals surface area contributed by atoms with Crippen molar-refractivity contribution in [2.45, 2.75) is 32.1 Å². The molecule has 4 rings (SSSR count). The first-order valence-electron chi connectivity index (χ1n) is 9.80. The highest BCUT2D eigenvalue weighted by atomic mass is 32.2. The molecule has 1 amide bonds. The molecule has 0 bridgehead atoms. The fourth-order valence-electron chi connectivity index (χ4n) is 3.71. The number of carbonyl (C=O) groups is 1. The third-order valence-corrected chi connectivity index (χ3v) is 6.06. The second-order valence-electron chi connectivity index (χ2n) is 8.21. The van der Waals surface area contributed by atoms with Crippen LogP contribution in [0.3, 0.4) is 0 Å². The molecule has 0 spiro atoms. The van der Waals surface area contributed by atoms with Gasteiger partial charge in [0.2, 0.25) is 5.95 Å². The van der Waals surface area contributed by atoms with Crippen LogP contribution in [0.15, 0.2) is 42.6 Å². The number of nitrogens with zero attached hydrogens (tertiary/aromatic N) is 2. The standard InChI is InChI=1S/C23H23FN4O2S/c1-13-5-7-16(9-15(13)12-31(4)30)26-22-25-11-19(24)20(27-22)14-6-8-17-18(10-14)23(2,3)28-21(17)29/h5-11H,12H2,1-4H3,(H,28,29)(H,25,26,27). The number of aromatic nitrogens is 2. The van der Waals surface area contributed by atoms with Gasteiger partial charge >= 0.3 is 0 Å². The van der Waals surface area contributed by atoms with Crippen molar-refractivity contribution in [3.05, 3.63) is 70.7 Å². The Morgan fingerprint density at radius 3 is 2.71 bits per heavy atom. The van der Waals surface area contributed by atoms with Gasteiger partial charge in [0.25, 0.3) is 5.91 Å². The van der Waals surface area contributed by atoms with E-state index < -0.39 is 22.2 Å². The van der Waals surface area contributed by atoms with Crippen molar-refractivity contribution < 1.29 is 13.4 Å². The first-order valence-corrected chi connectivity index (χ1v) is 11.5. The fourth-order valence-corrected chi connectivity index (χ4v) is 4.46. The highest BCUT2D eigenvalue weighted by molar-refractivity contribution is 7.83. The topological polar surface area (TPSA) is 84.0 Å². The Bertz CT molecular complexity index is 1230. The molecule has 2 heterocycles. The van der Waals surface area contributed by atoms with E-state index in [0.717, 1.165) is 28.6 Å². The van der Waals surface area contributed by atoms with Crippen LogP contribution in [0, 0.1) is 12.7 Å². The van der Waals surface area contributed by atoms with Crippen LogP contribution in [-0.2, 0) is 22.1 Å². The van der Waals surface area contributed by atoms with Gasteiger partial charge in [0.05, 0.1) is 11.7 Å². The quantitative estimate of drug-likeness (QED) is 0.624. The molecule has 2 N–H and O–H groups in total. The molecule has 0 radical (unpaired) electrons. The molecule has 0 fully saturated rings. The monoisotopic (exact) mass is 438 g/mol. The molecule has 0 aliphatic carbocycles. The lowest BCUT2D eigenvalue weighted by Crippen LogP contribution is -2.32. The molecule has 0 saturated carbocycles. The molecule has 2 aromatic carbocycles. The second kappa shape index (κ2) is 7.85. The van der Waals surface area contributed by atoms with Gasteiger partial charge in [-0.1, -0.05) is 12.1 Å². The van der Waals surface area contributed by atoms with Gasteiger partial charge in [0.15, 0.2) is 5.82 Å². The number of anilines is 2. The molecule has 160 valence electrons. The lowest BCUT2D eigenvalue weighted by atomic mass is 9.92. The number of rotatable bonds is 5. The van der Waals surface area contributed by atoms with Gasteiger partial charge in [-0.15, -0.1) is 0 Å². The van der Waals surface area contributed by atoms with Crippen molar-refractivity contribution in [1.29, 1.82) is 0 Å². The van der Waals surface area contributed by atoms with Gasteiger partial charge in [-0.3, -0.25) is 9.00 Å². The number of amides is 1. The fraction of sp³-hybridized carbons (Fsp3) is 0.261. The average molecular weight is 439 g/mol. The summed E-state index contributed by atoms with van der Waals surface area (Å²) in [5.74, 6) is 0.0127. The van der Waals surface area contributed by atoms with Crippen LogP contribution in [0.1, 0.15) is 40.9 Å². The summed E-state index contributed by atoms with van der Waals surface area (Å²) in [5, 5.41) is 6.02. The van der Waals surface area contributed by atoms with Crippen molar-refractivity contribution in [2.75, 3.05) is 11.6 Å². The Balaban J connectivity index is 1.68. The lowest BCUT2D eigenvalue weighted by molar-refractivity contribution is 0.0940. The summed E-state index contributed by atoms with van der Waals surface area (Å²) in [5.41, 5.74) is 4.31. The van der Waals surface area contributed by atoms with E-state index in [1.807, 2.05) is 39.0 Å². The van der Waals surface area contributed by atoms with Gasteiger partial charge in [-0.25, -0.2) is 14.4 Å². The van der Waals surface area contributed by atoms with Gasteiger partial charge in [0, 0.05) is 39.6 Å². The van der Waals surface area contributed by atoms with E-state index in [2.05, 4.69) is 20.6 Å². The smallest absolute Gasteiger partial charge is 0.252 e. The van der Waals surface area contributed by atoms with E-state index in [4.69, 9.17) is 0 Å². The number of benzene rings is 2. The summed E-state index contributed by atoms with van der Waals surface area (Å²) in [4.78, 5) is 20.6. The van der Waals surface area contributed by atoms with Crippen LogP contribution < -0.4 is 10.6 Å². The summed E-state index contributed by atoms with van der Waals surface area (Å²) in [6, 6.07) is 10.9. The average Bonchev–Trinajstić information content (AvgIpc) is 2.93. The SMILES string of the molecule is Cc1ccc(Nc2ncc(F)c(-c3ccc4c(c3)C(C)(C)NC4=O)n2)cc1CS(C)=O. The first kappa shape index (κ1) is 21.1. The maximum absolute atomic E-state index is 14.6. The van der Waals surface area contributed by atoms with Crippen LogP contribution in [0.5, 0.6) is 0 Å². The zero-order valence-electron chi connectivity index (χ0n) is 17.7. The van der Waals surface area contributed by atoms with Crippen molar-refractivity contribution in [3.8, 4) is 11.3 Å². The van der Waals surface area contributed by atoms with Gasteiger partial charge in [-0.05, 0) is 61.7 Å². The number of halogens is 1. The third-order valence-electron chi connectivity index (χ3n) is 5.35. The molecule has 1 aliphatic rings. The van der Waals surface area contributed by atoms with Crippen molar-refractivity contribution in [1.82, 2.24) is 15.3 Å². The predicted octanol–water partition coefficient (Wildman–Crippen LogP) is 4.19. The number of fused-ring (bicyclic) bond motifs is 1. The Kier molecular flexibility index (Phi) is 5.35. The lowest BCUT2D eigenvalue weighted by Gasteiger charge is -2.19. The largest absolute Gasteiger partial charge is 0.343 e. The maximum Gasteiger partial charge on any atom is 0.252 e. The molecule has 1 unspecified atom stereocenters. The maximum atomic E-state index is 14.6. The molecule has 6 nitrogen and oxygen atoms in total. The number of carbonyl (C=O) groups excluding carboxylic acids is 1. The van der Waals surface area contributed by atoms with E-state index in [0.29, 0.717) is 16.9 Å². The Labute approximate surface area is 182 Å². The van der Waals surface area contributed by atoms with Gasteiger partial charge in [-0.2, -0.15) is 0 Å². The molecule has 1 aromatic heterocycles. The molecule has 0 saturated heterocycles. The molecule has 8 heteroatoms. The normalized spacial score (nSPS) is 15.3.